The minimum absolute atomic E-state index is 0.170. The van der Waals surface area contributed by atoms with Crippen molar-refractivity contribution in [1.29, 1.82) is 0 Å². The molecule has 1 unspecified atom stereocenters. The van der Waals surface area contributed by atoms with Gasteiger partial charge in [0.2, 0.25) is 0 Å². The number of amides is 1. The highest BCUT2D eigenvalue weighted by atomic mass is 19.1. The van der Waals surface area contributed by atoms with E-state index in [-0.39, 0.29) is 11.7 Å². The molecule has 132 valence electrons. The first-order chi connectivity index (χ1) is 12.0. The molecule has 1 N–H and O–H groups in total. The Balaban J connectivity index is 1.82. The lowest BCUT2D eigenvalue weighted by molar-refractivity contribution is 0.0822. The molecule has 1 saturated heterocycles. The van der Waals surface area contributed by atoms with Crippen LogP contribution in [0, 0.1) is 5.82 Å². The second-order valence-corrected chi connectivity index (χ2v) is 6.54. The summed E-state index contributed by atoms with van der Waals surface area (Å²) in [6, 6.07) is 8.46. The van der Waals surface area contributed by atoms with Crippen LogP contribution in [0.15, 0.2) is 36.5 Å². The highest BCUT2D eigenvalue weighted by Gasteiger charge is 2.20. The van der Waals surface area contributed by atoms with Crippen LogP contribution in [0.2, 0.25) is 0 Å². The number of pyridine rings is 1. The fourth-order valence-electron chi connectivity index (χ4n) is 3.04. The third-order valence-corrected chi connectivity index (χ3v) is 4.41. The normalized spacial score (nSPS) is 17.4. The zero-order chi connectivity index (χ0) is 18.0. The molecule has 1 aromatic heterocycles. The van der Waals surface area contributed by atoms with Crippen molar-refractivity contribution in [3.8, 4) is 11.1 Å². The number of rotatable bonds is 3. The van der Waals surface area contributed by atoms with Gasteiger partial charge in [0.05, 0.1) is 11.8 Å². The zero-order valence-corrected chi connectivity index (χ0v) is 14.4. The SMILES string of the molecule is CN(C)C(=O)c1ccc(-c2ccc(N3CCCC(O)C3)c(F)c2)cn1. The summed E-state index contributed by atoms with van der Waals surface area (Å²) in [5.74, 6) is -0.489. The maximum atomic E-state index is 14.6. The highest BCUT2D eigenvalue weighted by molar-refractivity contribution is 5.92. The fourth-order valence-corrected chi connectivity index (χ4v) is 3.04. The van der Waals surface area contributed by atoms with Gasteiger partial charge in [-0.1, -0.05) is 12.1 Å². The van der Waals surface area contributed by atoms with Gasteiger partial charge in [-0.25, -0.2) is 4.39 Å². The van der Waals surface area contributed by atoms with Crippen molar-refractivity contribution in [2.24, 2.45) is 0 Å². The van der Waals surface area contributed by atoms with Gasteiger partial charge in [-0.3, -0.25) is 9.78 Å². The van der Waals surface area contributed by atoms with E-state index >= 15 is 0 Å². The Labute approximate surface area is 146 Å². The Morgan fingerprint density at radius 3 is 2.64 bits per heavy atom. The monoisotopic (exact) mass is 343 g/mol. The molecule has 2 aromatic rings. The summed E-state index contributed by atoms with van der Waals surface area (Å²) < 4.78 is 14.6. The lowest BCUT2D eigenvalue weighted by atomic mass is 10.0. The molecule has 2 heterocycles. The summed E-state index contributed by atoms with van der Waals surface area (Å²) >= 11 is 0. The number of nitrogens with zero attached hydrogens (tertiary/aromatic N) is 3. The second-order valence-electron chi connectivity index (χ2n) is 6.54. The fraction of sp³-hybridized carbons (Fsp3) is 0.368. The largest absolute Gasteiger partial charge is 0.391 e. The molecule has 1 amide bonds. The van der Waals surface area contributed by atoms with Crippen LogP contribution in [0.5, 0.6) is 0 Å². The number of aliphatic hydroxyl groups is 1. The number of halogens is 1. The van der Waals surface area contributed by atoms with Gasteiger partial charge in [0.15, 0.2) is 0 Å². The predicted octanol–water partition coefficient (Wildman–Crippen LogP) is 2.55. The summed E-state index contributed by atoms with van der Waals surface area (Å²) in [6.07, 6.45) is 2.79. The number of aromatic nitrogens is 1. The van der Waals surface area contributed by atoms with Gasteiger partial charge in [0.25, 0.3) is 5.91 Å². The topological polar surface area (TPSA) is 56.7 Å². The van der Waals surface area contributed by atoms with Crippen molar-refractivity contribution >= 4 is 11.6 Å². The minimum atomic E-state index is -0.404. The molecule has 0 spiro atoms. The van der Waals surface area contributed by atoms with Crippen LogP contribution in [0.25, 0.3) is 11.1 Å². The summed E-state index contributed by atoms with van der Waals surface area (Å²) in [5.41, 5.74) is 2.32. The van der Waals surface area contributed by atoms with Gasteiger partial charge in [-0.2, -0.15) is 0 Å². The van der Waals surface area contributed by atoms with Crippen LogP contribution >= 0.6 is 0 Å². The van der Waals surface area contributed by atoms with E-state index in [0.717, 1.165) is 24.9 Å². The number of β-amino-alcohol motifs (C(OH)–C–C–N with tert-alkyl or cyclic N) is 1. The molecule has 3 rings (SSSR count). The Morgan fingerprint density at radius 1 is 1.28 bits per heavy atom. The Morgan fingerprint density at radius 2 is 2.04 bits per heavy atom. The lowest BCUT2D eigenvalue weighted by Gasteiger charge is -2.32. The number of aliphatic hydroxyl groups excluding tert-OH is 1. The molecule has 25 heavy (non-hydrogen) atoms. The second kappa shape index (κ2) is 7.19. The van der Waals surface area contributed by atoms with E-state index in [1.807, 2.05) is 11.0 Å². The van der Waals surface area contributed by atoms with E-state index in [1.165, 1.54) is 11.0 Å². The number of hydrogen-bond donors (Lipinski definition) is 1. The first-order valence-electron chi connectivity index (χ1n) is 8.36. The van der Waals surface area contributed by atoms with Crippen LogP contribution < -0.4 is 4.90 Å². The van der Waals surface area contributed by atoms with Gasteiger partial charge in [0.1, 0.15) is 11.5 Å². The number of carbonyl (C=O) groups excluding carboxylic acids is 1. The van der Waals surface area contributed by atoms with Gasteiger partial charge >= 0.3 is 0 Å². The third-order valence-electron chi connectivity index (χ3n) is 4.41. The number of benzene rings is 1. The molecule has 1 fully saturated rings. The van der Waals surface area contributed by atoms with Crippen LogP contribution in [0.4, 0.5) is 10.1 Å². The molecule has 5 nitrogen and oxygen atoms in total. The molecule has 0 saturated carbocycles. The average molecular weight is 343 g/mol. The molecule has 6 heteroatoms. The molecular formula is C19H22FN3O2. The zero-order valence-electron chi connectivity index (χ0n) is 14.4. The summed E-state index contributed by atoms with van der Waals surface area (Å²) in [7, 11) is 3.34. The smallest absolute Gasteiger partial charge is 0.271 e. The van der Waals surface area contributed by atoms with Crippen molar-refractivity contribution < 1.29 is 14.3 Å². The first kappa shape index (κ1) is 17.4. The molecule has 0 aliphatic carbocycles. The van der Waals surface area contributed by atoms with Crippen molar-refractivity contribution in [1.82, 2.24) is 9.88 Å². The summed E-state index contributed by atoms with van der Waals surface area (Å²) in [5, 5.41) is 9.77. The van der Waals surface area contributed by atoms with Crippen molar-refractivity contribution in [2.75, 3.05) is 32.1 Å². The van der Waals surface area contributed by atoms with Crippen molar-refractivity contribution in [2.45, 2.75) is 18.9 Å². The molecule has 1 atom stereocenters. The molecular weight excluding hydrogens is 321 g/mol. The van der Waals surface area contributed by atoms with Crippen molar-refractivity contribution in [3.63, 3.8) is 0 Å². The average Bonchev–Trinajstić information content (AvgIpc) is 2.61. The maximum absolute atomic E-state index is 14.6. The predicted molar refractivity (Wildman–Crippen MR) is 95.1 cm³/mol. The molecule has 1 aliphatic heterocycles. The van der Waals surface area contributed by atoms with Crippen molar-refractivity contribution in [3.05, 3.63) is 48.0 Å². The molecule has 1 aromatic carbocycles. The van der Waals surface area contributed by atoms with Crippen LogP contribution in [-0.4, -0.2) is 54.2 Å². The quantitative estimate of drug-likeness (QED) is 0.931. The van der Waals surface area contributed by atoms with Gasteiger partial charge in [-0.15, -0.1) is 0 Å². The lowest BCUT2D eigenvalue weighted by Crippen LogP contribution is -2.38. The van der Waals surface area contributed by atoms with E-state index < -0.39 is 6.10 Å². The number of carbonyl (C=O) groups is 1. The van der Waals surface area contributed by atoms with E-state index in [1.54, 1.807) is 38.5 Å². The van der Waals surface area contributed by atoms with Gasteiger partial charge < -0.3 is 14.9 Å². The number of hydrogen-bond acceptors (Lipinski definition) is 4. The summed E-state index contributed by atoms with van der Waals surface area (Å²) in [4.78, 5) is 19.4. The molecule has 1 aliphatic rings. The van der Waals surface area contributed by atoms with Crippen LogP contribution in [-0.2, 0) is 0 Å². The molecule has 0 bridgehead atoms. The first-order valence-corrected chi connectivity index (χ1v) is 8.36. The Hall–Kier alpha value is -2.47. The minimum Gasteiger partial charge on any atom is -0.391 e. The Kier molecular flexibility index (Phi) is 4.99. The maximum Gasteiger partial charge on any atom is 0.271 e. The third kappa shape index (κ3) is 3.79. The van der Waals surface area contributed by atoms with E-state index in [2.05, 4.69) is 4.98 Å². The van der Waals surface area contributed by atoms with Crippen LogP contribution in [0.3, 0.4) is 0 Å². The standard InChI is InChI=1S/C19H22FN3O2/c1-22(2)19(25)17-7-5-14(11-21-17)13-6-8-18(16(20)10-13)23-9-3-4-15(24)12-23/h5-8,10-11,15,24H,3-4,9,12H2,1-2H3. The van der Waals surface area contributed by atoms with Crippen LogP contribution in [0.1, 0.15) is 23.3 Å². The summed E-state index contributed by atoms with van der Waals surface area (Å²) in [6.45, 7) is 1.20. The molecule has 0 radical (unpaired) electrons. The highest BCUT2D eigenvalue weighted by Crippen LogP contribution is 2.28. The number of piperidine rings is 1. The van der Waals surface area contributed by atoms with E-state index in [9.17, 15) is 14.3 Å². The van der Waals surface area contributed by atoms with E-state index in [0.29, 0.717) is 23.5 Å². The van der Waals surface area contributed by atoms with E-state index in [4.69, 9.17) is 0 Å². The van der Waals surface area contributed by atoms with Gasteiger partial charge in [-0.05, 0) is 36.6 Å². The Bertz CT molecular complexity index is 762. The number of anilines is 1. The van der Waals surface area contributed by atoms with Gasteiger partial charge in [0, 0.05) is 38.9 Å².